The molecule has 0 radical (unpaired) electrons. The van der Waals surface area contributed by atoms with Crippen molar-refractivity contribution >= 4 is 28.2 Å². The summed E-state index contributed by atoms with van der Waals surface area (Å²) in [4.78, 5) is 12.1. The van der Waals surface area contributed by atoms with Gasteiger partial charge in [-0.15, -0.1) is 0 Å². The van der Waals surface area contributed by atoms with E-state index >= 15 is 0 Å². The standard InChI is InChI=1S/C18H19N3O3S/c1-21(2)25(23,24)17-12-6-11-16(14-17)18(22)20-19-13-7-10-15-8-4-3-5-9-15/h3-14H,1-2H3,(H,20,22)/b10-7+,19-13-. The van der Waals surface area contributed by atoms with Crippen LogP contribution in [0.5, 0.6) is 0 Å². The van der Waals surface area contributed by atoms with Crippen LogP contribution in [0, 0.1) is 0 Å². The summed E-state index contributed by atoms with van der Waals surface area (Å²) in [6.07, 6.45) is 4.99. The number of nitrogens with one attached hydrogen (secondary N) is 1. The number of rotatable bonds is 6. The molecule has 0 saturated carbocycles. The number of carbonyl (C=O) groups excluding carboxylic acids is 1. The molecule has 0 aromatic heterocycles. The van der Waals surface area contributed by atoms with Gasteiger partial charge in [0.2, 0.25) is 10.0 Å². The summed E-state index contributed by atoms with van der Waals surface area (Å²) in [5, 5.41) is 3.82. The van der Waals surface area contributed by atoms with Crippen molar-refractivity contribution in [3.8, 4) is 0 Å². The lowest BCUT2D eigenvalue weighted by molar-refractivity contribution is 0.0955. The molecule has 1 N–H and O–H groups in total. The molecule has 0 bridgehead atoms. The Bertz CT molecular complexity index is 889. The summed E-state index contributed by atoms with van der Waals surface area (Å²) in [6.45, 7) is 0. The minimum absolute atomic E-state index is 0.0538. The first-order chi connectivity index (χ1) is 11.9. The van der Waals surface area contributed by atoms with E-state index in [1.165, 1.54) is 44.6 Å². The maximum absolute atomic E-state index is 12.1. The van der Waals surface area contributed by atoms with E-state index in [1.807, 2.05) is 36.4 Å². The molecule has 7 heteroatoms. The Morgan fingerprint density at radius 2 is 1.80 bits per heavy atom. The van der Waals surface area contributed by atoms with Crippen LogP contribution in [0.1, 0.15) is 15.9 Å². The number of hydrazone groups is 1. The van der Waals surface area contributed by atoms with Crippen molar-refractivity contribution in [1.29, 1.82) is 0 Å². The molecule has 0 heterocycles. The van der Waals surface area contributed by atoms with Gasteiger partial charge in [-0.2, -0.15) is 5.10 Å². The summed E-state index contributed by atoms with van der Waals surface area (Å²) in [7, 11) is -0.717. The lowest BCUT2D eigenvalue weighted by Gasteiger charge is -2.11. The number of allylic oxidation sites excluding steroid dienone is 1. The largest absolute Gasteiger partial charge is 0.271 e. The molecule has 0 aliphatic carbocycles. The van der Waals surface area contributed by atoms with Gasteiger partial charge in [-0.25, -0.2) is 18.1 Å². The van der Waals surface area contributed by atoms with E-state index in [9.17, 15) is 13.2 Å². The highest BCUT2D eigenvalue weighted by Gasteiger charge is 2.18. The van der Waals surface area contributed by atoms with E-state index in [1.54, 1.807) is 6.08 Å². The second-order valence-corrected chi connectivity index (χ2v) is 7.46. The molecule has 130 valence electrons. The van der Waals surface area contributed by atoms with E-state index in [2.05, 4.69) is 10.5 Å². The Labute approximate surface area is 147 Å². The van der Waals surface area contributed by atoms with Crippen molar-refractivity contribution in [2.75, 3.05) is 14.1 Å². The molecule has 2 aromatic carbocycles. The highest BCUT2D eigenvalue weighted by atomic mass is 32.2. The van der Waals surface area contributed by atoms with E-state index in [4.69, 9.17) is 0 Å². The fraction of sp³-hybridized carbons (Fsp3) is 0.111. The van der Waals surface area contributed by atoms with Crippen molar-refractivity contribution < 1.29 is 13.2 Å². The summed E-state index contributed by atoms with van der Waals surface area (Å²) < 4.78 is 25.3. The maximum atomic E-state index is 12.1. The third-order valence-corrected chi connectivity index (χ3v) is 5.10. The van der Waals surface area contributed by atoms with Crippen LogP contribution in [0.3, 0.4) is 0 Å². The normalized spacial score (nSPS) is 12.1. The van der Waals surface area contributed by atoms with E-state index < -0.39 is 15.9 Å². The van der Waals surface area contributed by atoms with Crippen LogP contribution in [0.4, 0.5) is 0 Å². The SMILES string of the molecule is CN(C)S(=O)(=O)c1cccc(C(=O)N/N=C\C=C\c2ccccc2)c1. The second-order valence-electron chi connectivity index (χ2n) is 5.30. The van der Waals surface area contributed by atoms with Gasteiger partial charge in [0.25, 0.3) is 5.91 Å². The first kappa shape index (κ1) is 18.6. The predicted octanol–water partition coefficient (Wildman–Crippen LogP) is 2.37. The Morgan fingerprint density at radius 1 is 1.08 bits per heavy atom. The average Bonchev–Trinajstić information content (AvgIpc) is 2.62. The molecule has 25 heavy (non-hydrogen) atoms. The summed E-state index contributed by atoms with van der Waals surface area (Å²) in [5.74, 6) is -0.486. The number of hydrogen-bond donors (Lipinski definition) is 1. The van der Waals surface area contributed by atoms with Crippen LogP contribution in [0.25, 0.3) is 6.08 Å². The van der Waals surface area contributed by atoms with E-state index in [0.29, 0.717) is 0 Å². The zero-order valence-electron chi connectivity index (χ0n) is 14.0. The number of sulfonamides is 1. The van der Waals surface area contributed by atoms with Crippen molar-refractivity contribution in [1.82, 2.24) is 9.73 Å². The average molecular weight is 357 g/mol. The van der Waals surface area contributed by atoms with E-state index in [0.717, 1.165) is 9.87 Å². The van der Waals surface area contributed by atoms with Gasteiger partial charge in [0.15, 0.2) is 0 Å². The minimum atomic E-state index is -3.59. The van der Waals surface area contributed by atoms with Gasteiger partial charge in [-0.3, -0.25) is 4.79 Å². The Kier molecular flexibility index (Phi) is 6.21. The number of amides is 1. The first-order valence-corrected chi connectivity index (χ1v) is 8.93. The Morgan fingerprint density at radius 3 is 2.48 bits per heavy atom. The van der Waals surface area contributed by atoms with Crippen LogP contribution in [-0.4, -0.2) is 38.9 Å². The molecule has 0 saturated heterocycles. The maximum Gasteiger partial charge on any atom is 0.271 e. The molecule has 0 spiro atoms. The van der Waals surface area contributed by atoms with Crippen LogP contribution in [0.15, 0.2) is 70.7 Å². The molecule has 0 aliphatic rings. The second kappa shape index (κ2) is 8.36. The van der Waals surface area contributed by atoms with Crippen molar-refractivity contribution in [2.24, 2.45) is 5.10 Å². The molecule has 2 aromatic rings. The van der Waals surface area contributed by atoms with Gasteiger partial charge >= 0.3 is 0 Å². The number of nitrogens with zero attached hydrogens (tertiary/aromatic N) is 2. The Balaban J connectivity index is 2.02. The van der Waals surface area contributed by atoms with Gasteiger partial charge in [-0.05, 0) is 29.8 Å². The van der Waals surface area contributed by atoms with Gasteiger partial charge in [0.1, 0.15) is 0 Å². The van der Waals surface area contributed by atoms with Crippen LogP contribution in [0.2, 0.25) is 0 Å². The zero-order valence-corrected chi connectivity index (χ0v) is 14.8. The quantitative estimate of drug-likeness (QED) is 0.637. The fourth-order valence-corrected chi connectivity index (χ4v) is 2.88. The third kappa shape index (κ3) is 5.10. The molecule has 0 fully saturated rings. The van der Waals surface area contributed by atoms with Crippen LogP contribution < -0.4 is 5.43 Å². The highest BCUT2D eigenvalue weighted by Crippen LogP contribution is 2.14. The summed E-state index contributed by atoms with van der Waals surface area (Å²) in [5.41, 5.74) is 3.59. The predicted molar refractivity (Wildman–Crippen MR) is 98.7 cm³/mol. The molecule has 6 nitrogen and oxygen atoms in total. The molecule has 0 atom stereocenters. The Hall–Kier alpha value is -2.77. The fourth-order valence-electron chi connectivity index (χ4n) is 1.93. The van der Waals surface area contributed by atoms with Crippen molar-refractivity contribution in [2.45, 2.75) is 4.90 Å². The van der Waals surface area contributed by atoms with Gasteiger partial charge in [0.05, 0.1) is 4.90 Å². The van der Waals surface area contributed by atoms with Crippen molar-refractivity contribution in [3.63, 3.8) is 0 Å². The first-order valence-electron chi connectivity index (χ1n) is 7.49. The highest BCUT2D eigenvalue weighted by molar-refractivity contribution is 7.89. The molecule has 1 amide bonds. The smallest absolute Gasteiger partial charge is 0.267 e. The zero-order chi connectivity index (χ0) is 18.3. The monoisotopic (exact) mass is 357 g/mol. The van der Waals surface area contributed by atoms with Gasteiger partial charge < -0.3 is 0 Å². The molecule has 0 unspecified atom stereocenters. The molecular weight excluding hydrogens is 338 g/mol. The van der Waals surface area contributed by atoms with Crippen LogP contribution in [-0.2, 0) is 10.0 Å². The minimum Gasteiger partial charge on any atom is -0.267 e. The molecule has 2 rings (SSSR count). The van der Waals surface area contributed by atoms with E-state index in [-0.39, 0.29) is 10.5 Å². The third-order valence-electron chi connectivity index (χ3n) is 3.29. The summed E-state index contributed by atoms with van der Waals surface area (Å²) >= 11 is 0. The topological polar surface area (TPSA) is 78.8 Å². The molecule has 0 aliphatic heterocycles. The number of carbonyl (C=O) groups is 1. The number of benzene rings is 2. The number of hydrogen-bond acceptors (Lipinski definition) is 4. The summed E-state index contributed by atoms with van der Waals surface area (Å²) in [6, 6.07) is 15.5. The van der Waals surface area contributed by atoms with Gasteiger partial charge in [-0.1, -0.05) is 42.5 Å². The molecular formula is C18H19N3O3S. The van der Waals surface area contributed by atoms with Crippen molar-refractivity contribution in [3.05, 3.63) is 71.8 Å². The lowest BCUT2D eigenvalue weighted by Crippen LogP contribution is -2.23. The van der Waals surface area contributed by atoms with Gasteiger partial charge in [0, 0.05) is 25.9 Å². The lowest BCUT2D eigenvalue weighted by atomic mass is 10.2. The van der Waals surface area contributed by atoms with Crippen LogP contribution >= 0.6 is 0 Å².